The van der Waals surface area contributed by atoms with Gasteiger partial charge in [-0.3, -0.25) is 0 Å². The van der Waals surface area contributed by atoms with E-state index in [2.05, 4.69) is 4.74 Å². The van der Waals surface area contributed by atoms with E-state index in [1.807, 2.05) is 30.3 Å². The molecule has 0 saturated carbocycles. The van der Waals surface area contributed by atoms with Crippen LogP contribution < -0.4 is 14.6 Å². The number of hydrogen-bond acceptors (Lipinski definition) is 4. The van der Waals surface area contributed by atoms with Gasteiger partial charge in [0.1, 0.15) is 18.1 Å². The van der Waals surface area contributed by atoms with Gasteiger partial charge < -0.3 is 9.47 Å². The molecule has 0 heterocycles. The Hall–Kier alpha value is -2.97. The normalized spacial score (nSPS) is 11.4. The molecule has 0 atom stereocenters. The lowest BCUT2D eigenvalue weighted by molar-refractivity contribution is -0.0494. The first-order valence-corrected chi connectivity index (χ1v) is 9.76. The second-order valence-corrected chi connectivity index (χ2v) is 7.45. The molecule has 0 aromatic heterocycles. The van der Waals surface area contributed by atoms with E-state index in [9.17, 15) is 17.2 Å². The number of nitrogens with two attached hydrogens (primary N) is 1. The summed E-state index contributed by atoms with van der Waals surface area (Å²) in [5.41, 5.74) is 1.55. The molecule has 2 N–H and O–H groups in total. The summed E-state index contributed by atoms with van der Waals surface area (Å²) in [6, 6.07) is 19.5. The van der Waals surface area contributed by atoms with Crippen molar-refractivity contribution < 1.29 is 26.7 Å². The molecule has 3 aromatic rings. The minimum Gasteiger partial charge on any atom is -0.489 e. The molecule has 0 aliphatic carbocycles. The number of sulfonamides is 1. The Balaban J connectivity index is 1.97. The van der Waals surface area contributed by atoms with Crippen LogP contribution in [0, 0.1) is 0 Å². The molecule has 0 fully saturated rings. The van der Waals surface area contributed by atoms with E-state index in [4.69, 9.17) is 9.88 Å². The van der Waals surface area contributed by atoms with Crippen molar-refractivity contribution in [2.45, 2.75) is 18.1 Å². The van der Waals surface area contributed by atoms with Crippen molar-refractivity contribution in [3.63, 3.8) is 0 Å². The van der Waals surface area contributed by atoms with Gasteiger partial charge in [-0.05, 0) is 41.5 Å². The van der Waals surface area contributed by atoms with Crippen molar-refractivity contribution in [2.24, 2.45) is 5.14 Å². The van der Waals surface area contributed by atoms with Gasteiger partial charge in [-0.1, -0.05) is 42.5 Å². The number of ether oxygens (including phenoxy) is 2. The van der Waals surface area contributed by atoms with Gasteiger partial charge in [-0.15, -0.1) is 0 Å². The van der Waals surface area contributed by atoms with Crippen LogP contribution in [0.1, 0.15) is 5.56 Å². The molecule has 3 aromatic carbocycles. The summed E-state index contributed by atoms with van der Waals surface area (Å²) in [7, 11) is -3.95. The standard InChI is InChI=1S/C20H17F2NO4S/c21-20(22)27-19-10-9-16(26-13-14-5-2-1-3-6-14)12-18(19)15-7-4-8-17(11-15)28(23,24)25/h1-12,20H,13H2,(H2,23,24,25). The first-order valence-electron chi connectivity index (χ1n) is 8.22. The fourth-order valence-electron chi connectivity index (χ4n) is 2.60. The van der Waals surface area contributed by atoms with Gasteiger partial charge in [0.15, 0.2) is 0 Å². The van der Waals surface area contributed by atoms with Crippen LogP contribution in [0.15, 0.2) is 77.7 Å². The highest BCUT2D eigenvalue weighted by atomic mass is 32.2. The molecule has 3 rings (SSSR count). The summed E-state index contributed by atoms with van der Waals surface area (Å²) in [6.07, 6.45) is 0. The number of halogens is 2. The Bertz CT molecular complexity index is 1060. The van der Waals surface area contributed by atoms with Crippen LogP contribution >= 0.6 is 0 Å². The molecular formula is C20H17F2NO4S. The highest BCUT2D eigenvalue weighted by Crippen LogP contribution is 2.35. The summed E-state index contributed by atoms with van der Waals surface area (Å²) in [5, 5.41) is 5.16. The molecule has 0 amide bonds. The summed E-state index contributed by atoms with van der Waals surface area (Å²) >= 11 is 0. The molecule has 8 heteroatoms. The van der Waals surface area contributed by atoms with E-state index in [0.29, 0.717) is 11.3 Å². The summed E-state index contributed by atoms with van der Waals surface area (Å²) in [6.45, 7) is -2.75. The van der Waals surface area contributed by atoms with Crippen molar-refractivity contribution in [2.75, 3.05) is 0 Å². The van der Waals surface area contributed by atoms with E-state index in [0.717, 1.165) is 5.56 Å². The number of benzene rings is 3. The van der Waals surface area contributed by atoms with Gasteiger partial charge in [0.05, 0.1) is 4.90 Å². The quantitative estimate of drug-likeness (QED) is 0.640. The Morgan fingerprint density at radius 3 is 2.36 bits per heavy atom. The molecule has 0 radical (unpaired) electrons. The van der Waals surface area contributed by atoms with Crippen LogP contribution in [0.4, 0.5) is 8.78 Å². The number of primary sulfonamides is 1. The smallest absolute Gasteiger partial charge is 0.387 e. The molecule has 0 aliphatic rings. The van der Waals surface area contributed by atoms with E-state index >= 15 is 0 Å². The highest BCUT2D eigenvalue weighted by molar-refractivity contribution is 7.89. The van der Waals surface area contributed by atoms with Gasteiger partial charge in [-0.2, -0.15) is 8.78 Å². The highest BCUT2D eigenvalue weighted by Gasteiger charge is 2.15. The third kappa shape index (κ3) is 5.05. The zero-order valence-electron chi connectivity index (χ0n) is 14.6. The van der Waals surface area contributed by atoms with E-state index in [1.54, 1.807) is 6.07 Å². The lowest BCUT2D eigenvalue weighted by atomic mass is 10.0. The van der Waals surface area contributed by atoms with Crippen LogP contribution in [0.25, 0.3) is 11.1 Å². The average Bonchev–Trinajstić information content (AvgIpc) is 2.67. The minimum absolute atomic E-state index is 0.103. The van der Waals surface area contributed by atoms with Crippen molar-refractivity contribution in [1.82, 2.24) is 0 Å². The Kier molecular flexibility index (Phi) is 5.91. The van der Waals surface area contributed by atoms with Crippen molar-refractivity contribution in [1.29, 1.82) is 0 Å². The predicted octanol–water partition coefficient (Wildman–Crippen LogP) is 4.18. The lowest BCUT2D eigenvalue weighted by Gasteiger charge is -2.14. The SMILES string of the molecule is NS(=O)(=O)c1cccc(-c2cc(OCc3ccccc3)ccc2OC(F)F)c1. The molecular weight excluding hydrogens is 388 g/mol. The average molecular weight is 405 g/mol. The van der Waals surface area contributed by atoms with Gasteiger partial charge in [0.2, 0.25) is 10.0 Å². The van der Waals surface area contributed by atoms with Crippen molar-refractivity contribution >= 4 is 10.0 Å². The maximum Gasteiger partial charge on any atom is 0.387 e. The van der Waals surface area contributed by atoms with Crippen LogP contribution in [-0.4, -0.2) is 15.0 Å². The first kappa shape index (κ1) is 19.8. The largest absolute Gasteiger partial charge is 0.489 e. The lowest BCUT2D eigenvalue weighted by Crippen LogP contribution is -2.12. The first-order chi connectivity index (χ1) is 13.3. The minimum atomic E-state index is -3.95. The molecule has 5 nitrogen and oxygen atoms in total. The molecule has 0 aliphatic heterocycles. The number of rotatable bonds is 7. The van der Waals surface area contributed by atoms with Crippen LogP contribution in [-0.2, 0) is 16.6 Å². The van der Waals surface area contributed by atoms with E-state index in [-0.39, 0.29) is 22.8 Å². The second kappa shape index (κ2) is 8.37. The zero-order chi connectivity index (χ0) is 20.1. The summed E-state index contributed by atoms with van der Waals surface area (Å²) in [5.74, 6) is 0.315. The van der Waals surface area contributed by atoms with E-state index < -0.39 is 16.6 Å². The van der Waals surface area contributed by atoms with Crippen molar-refractivity contribution in [3.8, 4) is 22.6 Å². The third-order valence-electron chi connectivity index (χ3n) is 3.89. The van der Waals surface area contributed by atoms with Gasteiger partial charge in [0.25, 0.3) is 0 Å². The summed E-state index contributed by atoms with van der Waals surface area (Å²) < 4.78 is 59.1. The Morgan fingerprint density at radius 1 is 0.929 bits per heavy atom. The molecule has 28 heavy (non-hydrogen) atoms. The fourth-order valence-corrected chi connectivity index (χ4v) is 3.16. The van der Waals surface area contributed by atoms with Crippen LogP contribution in [0.3, 0.4) is 0 Å². The monoisotopic (exact) mass is 405 g/mol. The van der Waals surface area contributed by atoms with E-state index in [1.165, 1.54) is 36.4 Å². The third-order valence-corrected chi connectivity index (χ3v) is 4.80. The number of hydrogen-bond donors (Lipinski definition) is 1. The summed E-state index contributed by atoms with van der Waals surface area (Å²) in [4.78, 5) is -0.136. The van der Waals surface area contributed by atoms with Crippen LogP contribution in [0.2, 0.25) is 0 Å². The maximum absolute atomic E-state index is 12.8. The Labute approximate surface area is 161 Å². The molecule has 146 valence electrons. The molecule has 0 saturated heterocycles. The second-order valence-electron chi connectivity index (χ2n) is 5.88. The van der Waals surface area contributed by atoms with Crippen LogP contribution in [0.5, 0.6) is 11.5 Å². The molecule has 0 spiro atoms. The van der Waals surface area contributed by atoms with Gasteiger partial charge in [0, 0.05) is 5.56 Å². The maximum atomic E-state index is 12.8. The predicted molar refractivity (Wildman–Crippen MR) is 101 cm³/mol. The topological polar surface area (TPSA) is 78.6 Å². The zero-order valence-corrected chi connectivity index (χ0v) is 15.4. The fraction of sp³-hybridized carbons (Fsp3) is 0.100. The molecule has 0 unspecified atom stereocenters. The number of alkyl halides is 2. The van der Waals surface area contributed by atoms with Crippen molar-refractivity contribution in [3.05, 3.63) is 78.4 Å². The van der Waals surface area contributed by atoms with Gasteiger partial charge >= 0.3 is 6.61 Å². The van der Waals surface area contributed by atoms with Gasteiger partial charge in [-0.25, -0.2) is 13.6 Å². The Morgan fingerprint density at radius 2 is 1.68 bits per heavy atom. The molecule has 0 bridgehead atoms.